The van der Waals surface area contributed by atoms with Crippen LogP contribution in [0.3, 0.4) is 0 Å². The van der Waals surface area contributed by atoms with Crippen LogP contribution in [0.2, 0.25) is 0 Å². The molecule has 1 saturated carbocycles. The van der Waals surface area contributed by atoms with Crippen LogP contribution in [0.25, 0.3) is 0 Å². The maximum atomic E-state index is 10.6. The first-order chi connectivity index (χ1) is 4.79. The number of rotatable bonds is 1. The molecule has 2 heteroatoms. The van der Waals surface area contributed by atoms with Crippen molar-refractivity contribution < 1.29 is 9.90 Å². The summed E-state index contributed by atoms with van der Waals surface area (Å²) in [5.41, 5.74) is 0.148. The second kappa shape index (κ2) is 1.99. The second-order valence-electron chi connectivity index (χ2n) is 4.76. The van der Waals surface area contributed by atoms with E-state index in [1.807, 2.05) is 0 Å². The maximum Gasteiger partial charge on any atom is 0.307 e. The van der Waals surface area contributed by atoms with Crippen molar-refractivity contribution in [3.8, 4) is 0 Å². The van der Waals surface area contributed by atoms with Crippen LogP contribution in [-0.2, 0) is 4.79 Å². The second-order valence-corrected chi connectivity index (χ2v) is 4.76. The molecule has 0 aliphatic heterocycles. The minimum Gasteiger partial charge on any atom is -0.481 e. The normalized spacial score (nSPS) is 36.9. The third kappa shape index (κ3) is 1.15. The molecule has 11 heavy (non-hydrogen) atoms. The molecule has 0 aromatic carbocycles. The number of hydrogen-bond acceptors (Lipinski definition) is 1. The van der Waals surface area contributed by atoms with Crippen molar-refractivity contribution in [1.29, 1.82) is 0 Å². The first-order valence-electron chi connectivity index (χ1n) is 4.02. The van der Waals surface area contributed by atoms with Gasteiger partial charge in [-0.3, -0.25) is 4.79 Å². The lowest BCUT2D eigenvalue weighted by Gasteiger charge is -2.27. The molecule has 1 N–H and O–H groups in total. The third-order valence-electron chi connectivity index (χ3n) is 3.25. The highest BCUT2D eigenvalue weighted by Crippen LogP contribution is 2.62. The van der Waals surface area contributed by atoms with E-state index in [-0.39, 0.29) is 16.7 Å². The molecule has 0 aromatic heterocycles. The number of carboxylic acid groups (broad SMARTS) is 1. The van der Waals surface area contributed by atoms with Gasteiger partial charge in [-0.2, -0.15) is 0 Å². The molecule has 1 rings (SSSR count). The quantitative estimate of drug-likeness (QED) is 0.631. The summed E-state index contributed by atoms with van der Waals surface area (Å²) < 4.78 is 0. The van der Waals surface area contributed by atoms with Gasteiger partial charge in [0.25, 0.3) is 0 Å². The van der Waals surface area contributed by atoms with E-state index in [0.717, 1.165) is 6.42 Å². The summed E-state index contributed by atoms with van der Waals surface area (Å²) in [4.78, 5) is 10.6. The van der Waals surface area contributed by atoms with Crippen molar-refractivity contribution in [3.05, 3.63) is 0 Å². The summed E-state index contributed by atoms with van der Waals surface area (Å²) in [7, 11) is 0. The van der Waals surface area contributed by atoms with Crippen molar-refractivity contribution >= 4 is 5.97 Å². The summed E-state index contributed by atoms with van der Waals surface area (Å²) in [6.07, 6.45) is 0.839. The van der Waals surface area contributed by atoms with Crippen molar-refractivity contribution in [1.82, 2.24) is 0 Å². The summed E-state index contributed by atoms with van der Waals surface area (Å²) in [5.74, 6) is -0.745. The van der Waals surface area contributed by atoms with Gasteiger partial charge in [-0.1, -0.05) is 27.7 Å². The highest BCUT2D eigenvalue weighted by atomic mass is 16.4. The van der Waals surface area contributed by atoms with Gasteiger partial charge >= 0.3 is 5.97 Å². The summed E-state index contributed by atoms with van der Waals surface area (Å²) >= 11 is 0. The molecule has 0 spiro atoms. The Morgan fingerprint density at radius 3 is 2.09 bits per heavy atom. The molecule has 1 aliphatic rings. The Morgan fingerprint density at radius 2 is 2.00 bits per heavy atom. The van der Waals surface area contributed by atoms with E-state index in [1.165, 1.54) is 0 Å². The molecule has 0 saturated heterocycles. The smallest absolute Gasteiger partial charge is 0.307 e. The van der Waals surface area contributed by atoms with Gasteiger partial charge < -0.3 is 5.11 Å². The van der Waals surface area contributed by atoms with Gasteiger partial charge in [-0.25, -0.2) is 0 Å². The number of hydrogen-bond donors (Lipinski definition) is 1. The Balaban J connectivity index is 2.70. The predicted octanol–water partition coefficient (Wildman–Crippen LogP) is 2.14. The van der Waals surface area contributed by atoms with Crippen LogP contribution in [0.1, 0.15) is 34.1 Å². The zero-order chi connectivity index (χ0) is 8.86. The van der Waals surface area contributed by atoms with Gasteiger partial charge in [-0.15, -0.1) is 0 Å². The molecular weight excluding hydrogens is 140 g/mol. The standard InChI is InChI=1S/C9H16O2/c1-8(2,3)9(4)5-6(9)7(10)11/h6H,5H2,1-4H3,(H,10,11). The number of carbonyl (C=O) groups is 1. The molecule has 1 fully saturated rings. The van der Waals surface area contributed by atoms with Crippen LogP contribution in [0.4, 0.5) is 0 Å². The Kier molecular flexibility index (Phi) is 1.55. The Bertz CT molecular complexity index is 190. The minimum absolute atomic E-state index is 0.0266. The van der Waals surface area contributed by atoms with E-state index in [1.54, 1.807) is 0 Å². The Labute approximate surface area is 67.6 Å². The fraction of sp³-hybridized carbons (Fsp3) is 0.889. The summed E-state index contributed by atoms with van der Waals surface area (Å²) in [6.45, 7) is 8.38. The van der Waals surface area contributed by atoms with Crippen molar-refractivity contribution in [2.24, 2.45) is 16.7 Å². The largest absolute Gasteiger partial charge is 0.481 e. The molecule has 0 radical (unpaired) electrons. The van der Waals surface area contributed by atoms with Crippen LogP contribution in [-0.4, -0.2) is 11.1 Å². The fourth-order valence-electron chi connectivity index (χ4n) is 1.55. The van der Waals surface area contributed by atoms with E-state index in [2.05, 4.69) is 27.7 Å². The monoisotopic (exact) mass is 156 g/mol. The molecule has 64 valence electrons. The van der Waals surface area contributed by atoms with E-state index in [4.69, 9.17) is 5.11 Å². The summed E-state index contributed by atoms with van der Waals surface area (Å²) in [5, 5.41) is 8.75. The van der Waals surface area contributed by atoms with Gasteiger partial charge in [0.1, 0.15) is 0 Å². The van der Waals surface area contributed by atoms with E-state index >= 15 is 0 Å². The molecular formula is C9H16O2. The van der Waals surface area contributed by atoms with Crippen molar-refractivity contribution in [2.45, 2.75) is 34.1 Å². The van der Waals surface area contributed by atoms with Crippen LogP contribution < -0.4 is 0 Å². The van der Waals surface area contributed by atoms with Crippen molar-refractivity contribution in [2.75, 3.05) is 0 Å². The van der Waals surface area contributed by atoms with Gasteiger partial charge in [0.05, 0.1) is 5.92 Å². The zero-order valence-electron chi connectivity index (χ0n) is 7.64. The average Bonchev–Trinajstić information content (AvgIpc) is 2.40. The van der Waals surface area contributed by atoms with Gasteiger partial charge in [0, 0.05) is 0 Å². The maximum absolute atomic E-state index is 10.6. The van der Waals surface area contributed by atoms with Crippen LogP contribution in [0.5, 0.6) is 0 Å². The average molecular weight is 156 g/mol. The van der Waals surface area contributed by atoms with Gasteiger partial charge in [0.2, 0.25) is 0 Å². The Morgan fingerprint density at radius 1 is 1.55 bits per heavy atom. The number of aliphatic carboxylic acids is 1. The van der Waals surface area contributed by atoms with Gasteiger partial charge in [0.15, 0.2) is 0 Å². The minimum atomic E-state index is -0.637. The zero-order valence-corrected chi connectivity index (χ0v) is 7.64. The lowest BCUT2D eigenvalue weighted by Crippen LogP contribution is -2.23. The molecule has 2 nitrogen and oxygen atoms in total. The Hall–Kier alpha value is -0.530. The highest BCUT2D eigenvalue weighted by Gasteiger charge is 2.60. The molecule has 2 atom stereocenters. The van der Waals surface area contributed by atoms with Crippen LogP contribution in [0, 0.1) is 16.7 Å². The molecule has 0 heterocycles. The lowest BCUT2D eigenvalue weighted by atomic mass is 9.77. The molecule has 0 bridgehead atoms. The first-order valence-corrected chi connectivity index (χ1v) is 4.02. The van der Waals surface area contributed by atoms with Gasteiger partial charge in [-0.05, 0) is 17.3 Å². The van der Waals surface area contributed by atoms with E-state index in [0.29, 0.717) is 0 Å². The molecule has 1 aliphatic carbocycles. The van der Waals surface area contributed by atoms with E-state index < -0.39 is 5.97 Å². The highest BCUT2D eigenvalue weighted by molar-refractivity contribution is 5.74. The molecule has 0 aromatic rings. The van der Waals surface area contributed by atoms with Crippen molar-refractivity contribution in [3.63, 3.8) is 0 Å². The number of carboxylic acids is 1. The predicted molar refractivity (Wildman–Crippen MR) is 43.3 cm³/mol. The lowest BCUT2D eigenvalue weighted by molar-refractivity contribution is -0.140. The molecule has 0 amide bonds. The van der Waals surface area contributed by atoms with Crippen LogP contribution in [0.15, 0.2) is 0 Å². The molecule has 2 unspecified atom stereocenters. The SMILES string of the molecule is CC(C)(C)C1(C)CC1C(=O)O. The third-order valence-corrected chi connectivity index (χ3v) is 3.25. The van der Waals surface area contributed by atoms with E-state index in [9.17, 15) is 4.79 Å². The first kappa shape index (κ1) is 8.57. The van der Waals surface area contributed by atoms with Crippen LogP contribution >= 0.6 is 0 Å². The fourth-order valence-corrected chi connectivity index (χ4v) is 1.55. The summed E-state index contributed by atoms with van der Waals surface area (Å²) in [6, 6.07) is 0. The topological polar surface area (TPSA) is 37.3 Å².